The summed E-state index contributed by atoms with van der Waals surface area (Å²) >= 11 is 9.15. The molecule has 2 aromatic rings. The van der Waals surface area contributed by atoms with Gasteiger partial charge in [0.2, 0.25) is 5.95 Å². The molecule has 1 aromatic carbocycles. The summed E-state index contributed by atoms with van der Waals surface area (Å²) in [5.41, 5.74) is 0.259. The molecule has 0 bridgehead atoms. The van der Waals surface area contributed by atoms with Crippen LogP contribution in [0.2, 0.25) is 5.02 Å². The van der Waals surface area contributed by atoms with Gasteiger partial charge >= 0.3 is 0 Å². The van der Waals surface area contributed by atoms with Crippen LogP contribution in [0.3, 0.4) is 0 Å². The summed E-state index contributed by atoms with van der Waals surface area (Å²) in [5, 5.41) is 6.31. The topological polar surface area (TPSA) is 49.8 Å². The molecule has 7 heteroatoms. The van der Waals surface area contributed by atoms with Crippen molar-refractivity contribution in [1.82, 2.24) is 9.97 Å². The Labute approximate surface area is 123 Å². The van der Waals surface area contributed by atoms with Crippen molar-refractivity contribution in [2.24, 2.45) is 0 Å². The Balaban J connectivity index is 2.31. The lowest BCUT2D eigenvalue weighted by molar-refractivity contribution is 0.632. The van der Waals surface area contributed by atoms with E-state index in [9.17, 15) is 4.39 Å². The van der Waals surface area contributed by atoms with E-state index in [4.69, 9.17) is 11.6 Å². The van der Waals surface area contributed by atoms with Gasteiger partial charge in [-0.15, -0.1) is 0 Å². The Hall–Kier alpha value is -1.40. The van der Waals surface area contributed by atoms with Crippen molar-refractivity contribution in [2.45, 2.75) is 6.92 Å². The molecule has 100 valence electrons. The molecule has 0 fully saturated rings. The predicted molar refractivity (Wildman–Crippen MR) is 78.6 cm³/mol. The average molecular weight is 346 g/mol. The van der Waals surface area contributed by atoms with E-state index in [0.29, 0.717) is 27.8 Å². The molecule has 2 N–H and O–H groups in total. The molecule has 1 aromatic heterocycles. The van der Waals surface area contributed by atoms with Crippen molar-refractivity contribution in [2.75, 3.05) is 17.2 Å². The van der Waals surface area contributed by atoms with Crippen LogP contribution in [0.25, 0.3) is 0 Å². The van der Waals surface area contributed by atoms with Crippen molar-refractivity contribution in [3.05, 3.63) is 39.7 Å². The summed E-state index contributed by atoms with van der Waals surface area (Å²) < 4.78 is 14.3. The minimum Gasteiger partial charge on any atom is -0.354 e. The summed E-state index contributed by atoms with van der Waals surface area (Å²) in [4.78, 5) is 8.32. The highest BCUT2D eigenvalue weighted by molar-refractivity contribution is 9.10. The molecule has 0 radical (unpaired) electrons. The first-order valence-electron chi connectivity index (χ1n) is 5.58. The minimum absolute atomic E-state index is 0.259. The van der Waals surface area contributed by atoms with Crippen LogP contribution in [-0.4, -0.2) is 16.5 Å². The van der Waals surface area contributed by atoms with Crippen molar-refractivity contribution in [3.63, 3.8) is 0 Å². The number of hydrogen-bond donors (Lipinski definition) is 2. The molecule has 4 nitrogen and oxygen atoms in total. The Morgan fingerprint density at radius 2 is 2.21 bits per heavy atom. The molecule has 0 saturated carbocycles. The molecule has 0 spiro atoms. The maximum absolute atomic E-state index is 13.6. The van der Waals surface area contributed by atoms with Gasteiger partial charge < -0.3 is 10.6 Å². The van der Waals surface area contributed by atoms with Crippen molar-refractivity contribution >= 4 is 45.0 Å². The maximum atomic E-state index is 13.6. The number of nitrogens with zero attached hydrogens (tertiary/aromatic N) is 2. The lowest BCUT2D eigenvalue weighted by atomic mass is 10.3. The SMILES string of the molecule is CCNc1ncc(Br)c(Nc2cc(Cl)ccc2F)n1. The number of nitrogens with one attached hydrogen (secondary N) is 2. The van der Waals surface area contributed by atoms with Gasteiger partial charge in [0.1, 0.15) is 11.6 Å². The second-order valence-corrected chi connectivity index (χ2v) is 4.96. The number of benzene rings is 1. The fourth-order valence-corrected chi connectivity index (χ4v) is 1.88. The normalized spacial score (nSPS) is 10.3. The van der Waals surface area contributed by atoms with E-state index in [-0.39, 0.29) is 5.69 Å². The second kappa shape index (κ2) is 6.16. The molecular weight excluding hydrogens is 335 g/mol. The summed E-state index contributed by atoms with van der Waals surface area (Å²) in [6.07, 6.45) is 1.59. The van der Waals surface area contributed by atoms with Gasteiger partial charge in [-0.1, -0.05) is 11.6 Å². The van der Waals surface area contributed by atoms with Crippen LogP contribution in [0.4, 0.5) is 21.8 Å². The number of aromatic nitrogens is 2. The van der Waals surface area contributed by atoms with Crippen LogP contribution in [0, 0.1) is 5.82 Å². The standard InChI is InChI=1S/C12H11BrClFN4/c1-2-16-12-17-6-8(13)11(19-12)18-10-5-7(14)3-4-9(10)15/h3-6H,2H2,1H3,(H2,16,17,18,19). The lowest BCUT2D eigenvalue weighted by Gasteiger charge is -2.10. The van der Waals surface area contributed by atoms with E-state index in [1.807, 2.05) is 6.92 Å². The largest absolute Gasteiger partial charge is 0.354 e. The summed E-state index contributed by atoms with van der Waals surface area (Å²) in [5.74, 6) is 0.530. The summed E-state index contributed by atoms with van der Waals surface area (Å²) in [7, 11) is 0. The monoisotopic (exact) mass is 344 g/mol. The van der Waals surface area contributed by atoms with Crippen LogP contribution >= 0.6 is 27.5 Å². The Morgan fingerprint density at radius 1 is 1.42 bits per heavy atom. The number of rotatable bonds is 4. The van der Waals surface area contributed by atoms with Crippen LogP contribution < -0.4 is 10.6 Å². The van der Waals surface area contributed by atoms with Crippen molar-refractivity contribution in [1.29, 1.82) is 0 Å². The molecular formula is C12H11BrClFN4. The summed E-state index contributed by atoms with van der Waals surface area (Å²) in [6, 6.07) is 4.28. The Morgan fingerprint density at radius 3 is 2.95 bits per heavy atom. The van der Waals surface area contributed by atoms with Crippen LogP contribution in [0.5, 0.6) is 0 Å². The molecule has 0 saturated heterocycles. The van der Waals surface area contributed by atoms with Crippen LogP contribution in [-0.2, 0) is 0 Å². The molecule has 0 amide bonds. The Kier molecular flexibility index (Phi) is 4.55. The highest BCUT2D eigenvalue weighted by Gasteiger charge is 2.08. The smallest absolute Gasteiger partial charge is 0.224 e. The van der Waals surface area contributed by atoms with Crippen LogP contribution in [0.1, 0.15) is 6.92 Å². The molecule has 2 rings (SSSR count). The molecule has 1 heterocycles. The molecule has 0 atom stereocenters. The van der Waals surface area contributed by atoms with Crippen molar-refractivity contribution in [3.8, 4) is 0 Å². The van der Waals surface area contributed by atoms with E-state index < -0.39 is 5.82 Å². The van der Waals surface area contributed by atoms with Gasteiger partial charge in [-0.2, -0.15) is 4.98 Å². The number of hydrogen-bond acceptors (Lipinski definition) is 4. The maximum Gasteiger partial charge on any atom is 0.224 e. The van der Waals surface area contributed by atoms with Gasteiger partial charge in [0.25, 0.3) is 0 Å². The zero-order valence-electron chi connectivity index (χ0n) is 10.0. The summed E-state index contributed by atoms with van der Waals surface area (Å²) in [6.45, 7) is 2.64. The highest BCUT2D eigenvalue weighted by atomic mass is 79.9. The van der Waals surface area contributed by atoms with Gasteiger partial charge in [-0.3, -0.25) is 0 Å². The van der Waals surface area contributed by atoms with E-state index in [1.165, 1.54) is 18.2 Å². The van der Waals surface area contributed by atoms with E-state index in [1.54, 1.807) is 6.20 Å². The van der Waals surface area contributed by atoms with Gasteiger partial charge in [-0.25, -0.2) is 9.37 Å². The van der Waals surface area contributed by atoms with Gasteiger partial charge in [0.05, 0.1) is 10.2 Å². The van der Waals surface area contributed by atoms with Gasteiger partial charge in [0.15, 0.2) is 0 Å². The van der Waals surface area contributed by atoms with Gasteiger partial charge in [-0.05, 0) is 41.1 Å². The zero-order valence-corrected chi connectivity index (χ0v) is 12.4. The first-order valence-corrected chi connectivity index (χ1v) is 6.75. The van der Waals surface area contributed by atoms with E-state index >= 15 is 0 Å². The minimum atomic E-state index is -0.403. The third kappa shape index (κ3) is 3.54. The number of halogens is 3. The fourth-order valence-electron chi connectivity index (χ4n) is 1.42. The Bertz CT molecular complexity index is 594. The van der Waals surface area contributed by atoms with Crippen LogP contribution in [0.15, 0.2) is 28.9 Å². The molecule has 0 aliphatic heterocycles. The molecule has 0 unspecified atom stereocenters. The third-order valence-corrected chi connectivity index (χ3v) is 3.08. The fraction of sp³-hybridized carbons (Fsp3) is 0.167. The zero-order chi connectivity index (χ0) is 13.8. The molecule has 0 aliphatic rings. The lowest BCUT2D eigenvalue weighted by Crippen LogP contribution is -2.05. The van der Waals surface area contributed by atoms with Gasteiger partial charge in [0, 0.05) is 17.8 Å². The van der Waals surface area contributed by atoms with Crippen molar-refractivity contribution < 1.29 is 4.39 Å². The second-order valence-electron chi connectivity index (χ2n) is 3.67. The quantitative estimate of drug-likeness (QED) is 0.871. The third-order valence-electron chi connectivity index (χ3n) is 2.26. The van der Waals surface area contributed by atoms with E-state index in [2.05, 4.69) is 36.5 Å². The van der Waals surface area contributed by atoms with E-state index in [0.717, 1.165) is 0 Å². The highest BCUT2D eigenvalue weighted by Crippen LogP contribution is 2.27. The first-order chi connectivity index (χ1) is 9.10. The first kappa shape index (κ1) is 14.0. The number of anilines is 3. The molecule has 19 heavy (non-hydrogen) atoms. The predicted octanol–water partition coefficient (Wildman–Crippen LogP) is 4.21. The average Bonchev–Trinajstić information content (AvgIpc) is 2.38. The molecule has 0 aliphatic carbocycles.